The van der Waals surface area contributed by atoms with Crippen molar-refractivity contribution < 1.29 is 4.79 Å². The van der Waals surface area contributed by atoms with Crippen LogP contribution in [0.2, 0.25) is 5.15 Å². The van der Waals surface area contributed by atoms with Gasteiger partial charge in [0.1, 0.15) is 0 Å². The number of rotatable bonds is 2. The number of nitrogens with zero attached hydrogens (tertiary/aromatic N) is 2. The molecule has 0 bridgehead atoms. The van der Waals surface area contributed by atoms with Crippen molar-refractivity contribution in [3.8, 4) is 0 Å². The van der Waals surface area contributed by atoms with Gasteiger partial charge in [0.05, 0.1) is 0 Å². The van der Waals surface area contributed by atoms with E-state index in [-0.39, 0.29) is 27.8 Å². The van der Waals surface area contributed by atoms with E-state index in [0.717, 1.165) is 0 Å². The third kappa shape index (κ3) is 1.80. The number of hydrogen-bond acceptors (Lipinski definition) is 3. The van der Waals surface area contributed by atoms with E-state index in [2.05, 4.69) is 43.0 Å². The number of hydrogen-bond donors (Lipinski definition) is 1. The fraction of sp³-hybridized carbons (Fsp3) is 0.583. The number of carbonyl (C=O) groups is 1. The molecule has 1 saturated carbocycles. The number of anilines is 1. The van der Waals surface area contributed by atoms with Crippen LogP contribution in [0.4, 0.5) is 5.82 Å². The largest absolute Gasteiger partial charge is 0.308 e. The van der Waals surface area contributed by atoms with Gasteiger partial charge in [-0.1, -0.05) is 39.3 Å². The maximum Gasteiger partial charge on any atom is 0.229 e. The number of amides is 1. The maximum absolute atomic E-state index is 12.1. The van der Waals surface area contributed by atoms with E-state index in [1.165, 1.54) is 12.4 Å². The highest BCUT2D eigenvalue weighted by atomic mass is 35.5. The van der Waals surface area contributed by atoms with E-state index in [4.69, 9.17) is 11.6 Å². The average molecular weight is 254 g/mol. The van der Waals surface area contributed by atoms with Crippen molar-refractivity contribution in [1.29, 1.82) is 0 Å². The number of nitrogens with one attached hydrogen (secondary N) is 1. The van der Waals surface area contributed by atoms with Crippen molar-refractivity contribution in [2.24, 2.45) is 16.7 Å². The van der Waals surface area contributed by atoms with Gasteiger partial charge >= 0.3 is 0 Å². The molecule has 2 rings (SSSR count). The summed E-state index contributed by atoms with van der Waals surface area (Å²) < 4.78 is 0. The molecular formula is C12H16ClN3O. The van der Waals surface area contributed by atoms with Crippen molar-refractivity contribution in [3.05, 3.63) is 17.5 Å². The highest BCUT2D eigenvalue weighted by molar-refractivity contribution is 6.32. The van der Waals surface area contributed by atoms with E-state index in [1.807, 2.05) is 0 Å². The second-order valence-electron chi connectivity index (χ2n) is 5.56. The highest BCUT2D eigenvalue weighted by Gasteiger charge is 2.68. The first-order valence-electron chi connectivity index (χ1n) is 5.56. The molecule has 17 heavy (non-hydrogen) atoms. The van der Waals surface area contributed by atoms with Gasteiger partial charge in [-0.3, -0.25) is 4.79 Å². The lowest BCUT2D eigenvalue weighted by Gasteiger charge is -2.06. The molecule has 0 atom stereocenters. The van der Waals surface area contributed by atoms with Crippen LogP contribution < -0.4 is 5.32 Å². The van der Waals surface area contributed by atoms with Crippen molar-refractivity contribution >= 4 is 23.3 Å². The molecule has 0 aliphatic heterocycles. The Morgan fingerprint density at radius 3 is 2.24 bits per heavy atom. The Bertz CT molecular complexity index is 457. The van der Waals surface area contributed by atoms with Crippen molar-refractivity contribution in [3.63, 3.8) is 0 Å². The summed E-state index contributed by atoms with van der Waals surface area (Å²) in [6, 6.07) is 0. The zero-order chi connectivity index (χ0) is 12.8. The van der Waals surface area contributed by atoms with Crippen LogP contribution in [0.25, 0.3) is 0 Å². The van der Waals surface area contributed by atoms with Crippen LogP contribution >= 0.6 is 11.6 Å². The Balaban J connectivity index is 2.13. The third-order valence-electron chi connectivity index (χ3n) is 4.18. The van der Waals surface area contributed by atoms with Gasteiger partial charge in [0.15, 0.2) is 11.0 Å². The molecular weight excluding hydrogens is 238 g/mol. The molecule has 5 heteroatoms. The minimum absolute atomic E-state index is 0.00572. The summed E-state index contributed by atoms with van der Waals surface area (Å²) in [6.07, 6.45) is 2.99. The van der Waals surface area contributed by atoms with Gasteiger partial charge in [-0.05, 0) is 10.8 Å². The number of carbonyl (C=O) groups excluding carboxylic acids is 1. The van der Waals surface area contributed by atoms with E-state index in [1.54, 1.807) is 0 Å². The smallest absolute Gasteiger partial charge is 0.229 e. The minimum atomic E-state index is -0.0394. The molecule has 0 spiro atoms. The zero-order valence-electron chi connectivity index (χ0n) is 10.4. The Hall–Kier alpha value is -1.16. The van der Waals surface area contributed by atoms with Gasteiger partial charge in [0.2, 0.25) is 5.91 Å². The summed E-state index contributed by atoms with van der Waals surface area (Å²) in [5.74, 6) is 0.271. The summed E-state index contributed by atoms with van der Waals surface area (Å²) in [5, 5.41) is 2.96. The second-order valence-corrected chi connectivity index (χ2v) is 5.92. The van der Waals surface area contributed by atoms with Gasteiger partial charge in [-0.25, -0.2) is 9.97 Å². The highest BCUT2D eigenvalue weighted by Crippen LogP contribution is 2.68. The predicted octanol–water partition coefficient (Wildman–Crippen LogP) is 2.75. The Kier molecular flexibility index (Phi) is 2.65. The molecule has 1 amide bonds. The topological polar surface area (TPSA) is 54.9 Å². The Labute approximate surface area is 106 Å². The standard InChI is InChI=1S/C12H16ClN3O/c1-11(2)7(12(11,3)4)10(17)16-9-8(13)14-5-6-15-9/h5-7H,1-4H3,(H,15,16,17). The van der Waals surface area contributed by atoms with Crippen molar-refractivity contribution in [2.75, 3.05) is 5.32 Å². The average Bonchev–Trinajstić information content (AvgIpc) is 2.61. The zero-order valence-corrected chi connectivity index (χ0v) is 11.2. The van der Waals surface area contributed by atoms with Crippen LogP contribution in [0, 0.1) is 16.7 Å². The third-order valence-corrected chi connectivity index (χ3v) is 4.45. The molecule has 4 nitrogen and oxygen atoms in total. The first-order valence-corrected chi connectivity index (χ1v) is 5.93. The minimum Gasteiger partial charge on any atom is -0.308 e. The molecule has 1 fully saturated rings. The van der Waals surface area contributed by atoms with Gasteiger partial charge < -0.3 is 5.32 Å². The molecule has 1 N–H and O–H groups in total. The normalized spacial score (nSPS) is 21.0. The molecule has 1 aliphatic carbocycles. The molecule has 0 aromatic carbocycles. The van der Waals surface area contributed by atoms with E-state index in [9.17, 15) is 4.79 Å². The Morgan fingerprint density at radius 2 is 1.76 bits per heavy atom. The van der Waals surface area contributed by atoms with E-state index in [0.29, 0.717) is 5.82 Å². The quantitative estimate of drug-likeness (QED) is 0.882. The van der Waals surface area contributed by atoms with Gasteiger partial charge in [-0.2, -0.15) is 0 Å². The first kappa shape index (κ1) is 12.3. The van der Waals surface area contributed by atoms with E-state index < -0.39 is 0 Å². The fourth-order valence-electron chi connectivity index (χ4n) is 2.45. The molecule has 0 radical (unpaired) electrons. The maximum atomic E-state index is 12.1. The van der Waals surface area contributed by atoms with E-state index >= 15 is 0 Å². The lowest BCUT2D eigenvalue weighted by atomic mass is 10.0. The van der Waals surface area contributed by atoms with Gasteiger partial charge in [0.25, 0.3) is 0 Å². The molecule has 92 valence electrons. The van der Waals surface area contributed by atoms with Crippen LogP contribution in [0.3, 0.4) is 0 Å². The first-order chi connectivity index (χ1) is 7.78. The molecule has 1 aromatic rings. The molecule has 0 unspecified atom stereocenters. The molecule has 1 aliphatic rings. The van der Waals surface area contributed by atoms with Gasteiger partial charge in [-0.15, -0.1) is 0 Å². The summed E-state index contributed by atoms with van der Waals surface area (Å²) in [7, 11) is 0. The fourth-order valence-corrected chi connectivity index (χ4v) is 2.60. The van der Waals surface area contributed by atoms with Crippen LogP contribution in [0.1, 0.15) is 27.7 Å². The van der Waals surface area contributed by atoms with Gasteiger partial charge in [0, 0.05) is 18.3 Å². The monoisotopic (exact) mass is 253 g/mol. The van der Waals surface area contributed by atoms with Crippen LogP contribution in [0.5, 0.6) is 0 Å². The van der Waals surface area contributed by atoms with Crippen LogP contribution in [0.15, 0.2) is 12.4 Å². The summed E-state index contributed by atoms with van der Waals surface area (Å²) in [6.45, 7) is 8.37. The predicted molar refractivity (Wildman–Crippen MR) is 66.7 cm³/mol. The second kappa shape index (κ2) is 3.67. The van der Waals surface area contributed by atoms with Crippen molar-refractivity contribution in [1.82, 2.24) is 9.97 Å². The lowest BCUT2D eigenvalue weighted by molar-refractivity contribution is -0.118. The summed E-state index contributed by atoms with van der Waals surface area (Å²) >= 11 is 5.85. The SMILES string of the molecule is CC1(C)C(C(=O)Nc2nccnc2Cl)C1(C)C. The molecule has 1 heterocycles. The number of aromatic nitrogens is 2. The number of halogens is 1. The van der Waals surface area contributed by atoms with Crippen LogP contribution in [-0.4, -0.2) is 15.9 Å². The van der Waals surface area contributed by atoms with Crippen LogP contribution in [-0.2, 0) is 4.79 Å². The Morgan fingerprint density at radius 1 is 1.24 bits per heavy atom. The van der Waals surface area contributed by atoms with Crippen molar-refractivity contribution in [2.45, 2.75) is 27.7 Å². The summed E-state index contributed by atoms with van der Waals surface area (Å²) in [5.41, 5.74) is 0.0114. The molecule has 0 saturated heterocycles. The summed E-state index contributed by atoms with van der Waals surface area (Å²) in [4.78, 5) is 20.0. The molecule has 1 aromatic heterocycles. The lowest BCUT2D eigenvalue weighted by Crippen LogP contribution is -2.18.